The summed E-state index contributed by atoms with van der Waals surface area (Å²) in [5.41, 5.74) is 5.96. The highest BCUT2D eigenvalue weighted by molar-refractivity contribution is 5.02. The highest BCUT2D eigenvalue weighted by Gasteiger charge is 2.60. The van der Waals surface area contributed by atoms with E-state index in [2.05, 4.69) is 0 Å². The van der Waals surface area contributed by atoms with Crippen molar-refractivity contribution in [3.8, 4) is 0 Å². The quantitative estimate of drug-likeness (QED) is 0.107. The van der Waals surface area contributed by atoms with E-state index < -0.39 is 298 Å². The van der Waals surface area contributed by atoms with Crippen molar-refractivity contribution < 1.29 is 193 Å². The number of rotatable bonds is 8. The maximum atomic E-state index is 11.4. The average molecular weight is 1300 g/mol. The van der Waals surface area contributed by atoms with Gasteiger partial charge in [0.25, 0.3) is 0 Å². The van der Waals surface area contributed by atoms with Gasteiger partial charge in [0.1, 0.15) is 195 Å². The Morgan fingerprint density at radius 1 is 0.170 bits per heavy atom. The third-order valence-corrected chi connectivity index (χ3v) is 16.9. The van der Waals surface area contributed by atoms with Crippen molar-refractivity contribution in [2.24, 2.45) is 5.73 Å². The summed E-state index contributed by atoms with van der Waals surface area (Å²) in [5.74, 6) is 0. The van der Waals surface area contributed by atoms with Gasteiger partial charge in [-0.2, -0.15) is 0 Å². The molecule has 0 aromatic rings. The minimum Gasteiger partial charge on any atom is -0.394 e. The molecule has 512 valence electrons. The van der Waals surface area contributed by atoms with Gasteiger partial charge in [-0.3, -0.25) is 0 Å². The zero-order valence-corrected chi connectivity index (χ0v) is 46.1. The van der Waals surface area contributed by atoms with E-state index in [-0.39, 0.29) is 0 Å². The SMILES string of the molecule is NC[C@H]1O[C@@H]2O[C@H]3[C@H](O)[C@H](O)[C@@H](O[C@H]4[C@@H](O)[C@H](O)[C@@H](O[C@H]5[C@H](O)[C@@H](O)[C@@H](O[C@H]6[C@@H](O)[C@H](O)[C@@H](O[C@H]7[C@@H](O)[C@H](O)[C@@H](O[C@H]8[C@H](O)[C@@H](O)[C@@H](O[C@H]9[C@@H](O)[C@H](O)[C@@H](O[C@H]1[C@H](O)[C@H]2O)O[C@@H]9CO)O[C@@H]8CO)O[C@H]7CO)O[C@@H]6CO)O[C@@H]5CO)O[C@@H]4CO)O[C@@H]3CO. The molecule has 0 aromatic heterocycles. The van der Waals surface area contributed by atoms with E-state index in [0.29, 0.717) is 0 Å². The molecule has 0 spiro atoms. The molecule has 0 radical (unpaired) electrons. The Hall–Kier alpha value is -1.60. The first kappa shape index (κ1) is 70.7. The summed E-state index contributed by atoms with van der Waals surface area (Å²) in [4.78, 5) is 0. The maximum Gasteiger partial charge on any atom is 0.187 e. The lowest BCUT2D eigenvalue weighted by atomic mass is 9.94. The van der Waals surface area contributed by atoms with Crippen LogP contribution in [0.15, 0.2) is 0 Å². The zero-order valence-electron chi connectivity index (χ0n) is 46.1. The lowest BCUT2D eigenvalue weighted by molar-refractivity contribution is -0.403. The van der Waals surface area contributed by atoms with Crippen molar-refractivity contribution in [3.05, 3.63) is 0 Å². The molecular weight excluding hydrogens is 1210 g/mol. The number of hydrogen-bond donors (Lipinski definition) is 24. The molecule has 0 aliphatic carbocycles. The summed E-state index contributed by atoms with van der Waals surface area (Å²) in [7, 11) is 0. The third-order valence-electron chi connectivity index (χ3n) is 16.9. The Kier molecular flexibility index (Phi) is 24.1. The van der Waals surface area contributed by atoms with Crippen molar-refractivity contribution in [2.75, 3.05) is 52.8 Å². The number of ether oxygens (including phenoxy) is 16. The summed E-state index contributed by atoms with van der Waals surface area (Å²) in [6.07, 6.45) is -80.9. The largest absolute Gasteiger partial charge is 0.394 e. The summed E-state index contributed by atoms with van der Waals surface area (Å²) < 4.78 is 91.5. The normalized spacial score (nSPS) is 55.4. The monoisotopic (exact) mass is 1300 g/mol. The molecule has 40 atom stereocenters. The molecule has 0 saturated carbocycles. The minimum absolute atomic E-state index is 0.580. The van der Waals surface area contributed by atoms with Gasteiger partial charge in [-0.15, -0.1) is 0 Å². The van der Waals surface area contributed by atoms with Crippen LogP contribution in [-0.2, 0) is 75.8 Å². The Bertz CT molecular complexity index is 1710. The van der Waals surface area contributed by atoms with Crippen LogP contribution < -0.4 is 5.73 Å². The molecule has 40 heteroatoms. The standard InChI is InChI=1S/C48H81NO39/c49-1-9-33-17(57)25(65)41(73-9)82-34-10(2-50)75-43(27(67)19(34)59)84-36-12(4-52)77-45(29(69)21(36)61)86-38-14(6-54)79-47(31(71)23(38)63)88-40-16(8-56)80-48(32(72)24(40)64)87-39-15(7-55)78-46(30(70)22(39)62)85-37-13(5-53)76-44(28(68)20(37)60)83-35-11(3-51)74-42(81-33)26(66)18(35)58/h9-48,50-72H,1-8,49H2/t9-,10-,11-,12-,13-,14-,15+,16-,17-,18+,19-,20-,21+,22+,23-,24+,25-,26+,27+,28-,29+,30+,31-,32+,33-,34-,35-,36-,37-,38-,39-,40-,41-,42-,43-,44-,45-,46-,47-,48-/m1/s1. The molecule has 40 nitrogen and oxygen atoms in total. The first-order valence-corrected chi connectivity index (χ1v) is 28.2. The predicted molar refractivity (Wildman–Crippen MR) is 263 cm³/mol. The van der Waals surface area contributed by atoms with Gasteiger partial charge in [0, 0.05) is 6.54 Å². The number of aliphatic hydroxyl groups excluding tert-OH is 23. The van der Waals surface area contributed by atoms with Crippen LogP contribution in [0.2, 0.25) is 0 Å². The number of nitrogens with two attached hydrogens (primary N) is 1. The van der Waals surface area contributed by atoms with Gasteiger partial charge in [0.15, 0.2) is 50.3 Å². The Morgan fingerprint density at radius 3 is 0.398 bits per heavy atom. The van der Waals surface area contributed by atoms with Gasteiger partial charge in [-0.25, -0.2) is 0 Å². The molecule has 30 rings (SSSR count). The van der Waals surface area contributed by atoms with Gasteiger partial charge in [-0.1, -0.05) is 0 Å². The van der Waals surface area contributed by atoms with Crippen molar-refractivity contribution in [3.63, 3.8) is 0 Å². The lowest BCUT2D eigenvalue weighted by Crippen LogP contribution is -2.69. The molecular formula is C48H81NO39. The molecule has 0 unspecified atom stereocenters. The van der Waals surface area contributed by atoms with E-state index >= 15 is 0 Å². The first-order valence-electron chi connectivity index (χ1n) is 28.2. The fourth-order valence-corrected chi connectivity index (χ4v) is 11.9. The summed E-state index contributed by atoms with van der Waals surface area (Å²) >= 11 is 0. The first-order chi connectivity index (χ1) is 41.9. The van der Waals surface area contributed by atoms with Crippen LogP contribution in [0.25, 0.3) is 0 Å². The molecule has 30 fully saturated rings. The summed E-state index contributed by atoms with van der Waals surface area (Å²) in [6, 6.07) is 0. The lowest BCUT2D eigenvalue weighted by Gasteiger charge is -2.50. The molecule has 30 heterocycles. The maximum absolute atomic E-state index is 11.4. The molecule has 30 aliphatic heterocycles. The van der Waals surface area contributed by atoms with E-state index in [1.807, 2.05) is 0 Å². The van der Waals surface area contributed by atoms with E-state index in [9.17, 15) is 117 Å². The molecule has 0 amide bonds. The van der Waals surface area contributed by atoms with E-state index in [1.54, 1.807) is 0 Å². The predicted octanol–water partition coefficient (Wildman–Crippen LogP) is -17.4. The smallest absolute Gasteiger partial charge is 0.187 e. The molecule has 30 aliphatic rings. The van der Waals surface area contributed by atoms with Gasteiger partial charge >= 0.3 is 0 Å². The number of aliphatic hydroxyl groups is 23. The van der Waals surface area contributed by atoms with Crippen LogP contribution in [0, 0.1) is 0 Å². The average Bonchev–Trinajstić information content (AvgIpc) is 1.09. The van der Waals surface area contributed by atoms with E-state index in [4.69, 9.17) is 81.5 Å². The Balaban J connectivity index is 0.975. The van der Waals surface area contributed by atoms with Crippen LogP contribution in [0.4, 0.5) is 0 Å². The van der Waals surface area contributed by atoms with Crippen LogP contribution in [0.3, 0.4) is 0 Å². The van der Waals surface area contributed by atoms with Gasteiger partial charge < -0.3 is 199 Å². The molecule has 16 bridgehead atoms. The second-order valence-corrected chi connectivity index (χ2v) is 22.5. The van der Waals surface area contributed by atoms with Crippen LogP contribution in [0.5, 0.6) is 0 Å². The molecule has 25 N–H and O–H groups in total. The van der Waals surface area contributed by atoms with E-state index in [0.717, 1.165) is 0 Å². The van der Waals surface area contributed by atoms with Crippen molar-refractivity contribution in [1.29, 1.82) is 0 Å². The fraction of sp³-hybridized carbons (Fsp3) is 1.00. The third kappa shape index (κ3) is 13.8. The highest BCUT2D eigenvalue weighted by Crippen LogP contribution is 2.39. The van der Waals surface area contributed by atoms with Gasteiger partial charge in [0.2, 0.25) is 0 Å². The number of hydrogen-bond acceptors (Lipinski definition) is 40. The van der Waals surface area contributed by atoms with Crippen LogP contribution in [-0.4, -0.2) is 416 Å². The van der Waals surface area contributed by atoms with Crippen molar-refractivity contribution in [2.45, 2.75) is 246 Å². The molecule has 0 aromatic carbocycles. The van der Waals surface area contributed by atoms with Crippen molar-refractivity contribution in [1.82, 2.24) is 0 Å². The van der Waals surface area contributed by atoms with Gasteiger partial charge in [0.05, 0.1) is 46.2 Å². The molecule has 88 heavy (non-hydrogen) atoms. The minimum atomic E-state index is -2.24. The fourth-order valence-electron chi connectivity index (χ4n) is 11.9. The van der Waals surface area contributed by atoms with Crippen LogP contribution >= 0.6 is 0 Å². The second-order valence-electron chi connectivity index (χ2n) is 22.5. The van der Waals surface area contributed by atoms with Gasteiger partial charge in [-0.05, 0) is 0 Å². The highest BCUT2D eigenvalue weighted by atomic mass is 16.8. The summed E-state index contributed by atoms with van der Waals surface area (Å²) in [6.45, 7) is -8.06. The van der Waals surface area contributed by atoms with E-state index in [1.165, 1.54) is 0 Å². The topological polar surface area (TPSA) is 639 Å². The second kappa shape index (κ2) is 30.0. The Morgan fingerprint density at radius 2 is 0.284 bits per heavy atom. The van der Waals surface area contributed by atoms with Crippen LogP contribution in [0.1, 0.15) is 0 Å². The molecule has 30 saturated heterocycles. The Labute approximate surface area is 496 Å². The summed E-state index contributed by atoms with van der Waals surface area (Å²) in [5, 5.41) is 255. The van der Waals surface area contributed by atoms with Crippen molar-refractivity contribution >= 4 is 0 Å². The zero-order chi connectivity index (χ0) is 64.1.